The fourth-order valence-electron chi connectivity index (χ4n) is 1.57. The summed E-state index contributed by atoms with van der Waals surface area (Å²) in [5.74, 6) is 0.919. The Balaban J connectivity index is 2.76. The monoisotopic (exact) mass is 205 g/mol. The second-order valence-corrected chi connectivity index (χ2v) is 3.81. The molecule has 15 heavy (non-hydrogen) atoms. The lowest BCUT2D eigenvalue weighted by atomic mass is 10.2. The molecule has 0 bridgehead atoms. The normalized spacial score (nSPS) is 9.87. The Morgan fingerprint density at radius 1 is 1.40 bits per heavy atom. The molecule has 0 unspecified atom stereocenters. The van der Waals surface area contributed by atoms with Gasteiger partial charge in [0.25, 0.3) is 0 Å². The van der Waals surface area contributed by atoms with Crippen LogP contribution in [0, 0.1) is 13.8 Å². The molecule has 3 nitrogen and oxygen atoms in total. The summed E-state index contributed by atoms with van der Waals surface area (Å²) >= 11 is 0. The molecule has 0 atom stereocenters. The van der Waals surface area contributed by atoms with Crippen LogP contribution in [0.3, 0.4) is 0 Å². The van der Waals surface area contributed by atoms with Crippen molar-refractivity contribution in [2.24, 2.45) is 0 Å². The molecule has 0 aliphatic rings. The van der Waals surface area contributed by atoms with Crippen molar-refractivity contribution in [3.8, 4) is 0 Å². The van der Waals surface area contributed by atoms with Gasteiger partial charge in [-0.05, 0) is 31.5 Å². The second kappa shape index (κ2) is 4.82. The first-order valence-corrected chi connectivity index (χ1v) is 5.05. The zero-order valence-electron chi connectivity index (χ0n) is 9.96. The van der Waals surface area contributed by atoms with Gasteiger partial charge in [0.05, 0.1) is 5.82 Å². The third-order valence-electron chi connectivity index (χ3n) is 2.31. The SMILES string of the molecule is C=C(NC)N(C)Cc1cc(C)nc(C)c1. The first-order chi connectivity index (χ1) is 7.02. The van der Waals surface area contributed by atoms with Crippen molar-refractivity contribution < 1.29 is 0 Å². The topological polar surface area (TPSA) is 28.2 Å². The third-order valence-corrected chi connectivity index (χ3v) is 2.31. The van der Waals surface area contributed by atoms with Crippen LogP contribution in [0.4, 0.5) is 0 Å². The van der Waals surface area contributed by atoms with Crippen LogP contribution in [0.5, 0.6) is 0 Å². The van der Waals surface area contributed by atoms with E-state index in [-0.39, 0.29) is 0 Å². The fraction of sp³-hybridized carbons (Fsp3) is 0.417. The number of nitrogens with zero attached hydrogens (tertiary/aromatic N) is 2. The average Bonchev–Trinajstić information content (AvgIpc) is 2.14. The van der Waals surface area contributed by atoms with Gasteiger partial charge < -0.3 is 10.2 Å². The van der Waals surface area contributed by atoms with Gasteiger partial charge in [-0.3, -0.25) is 4.98 Å². The maximum atomic E-state index is 4.35. The van der Waals surface area contributed by atoms with Gasteiger partial charge in [0, 0.05) is 32.0 Å². The lowest BCUT2D eigenvalue weighted by Crippen LogP contribution is -2.24. The quantitative estimate of drug-likeness (QED) is 0.812. The van der Waals surface area contributed by atoms with Crippen LogP contribution in [-0.4, -0.2) is 24.0 Å². The van der Waals surface area contributed by atoms with Crippen LogP contribution < -0.4 is 5.32 Å². The van der Waals surface area contributed by atoms with E-state index in [4.69, 9.17) is 0 Å². The molecule has 1 heterocycles. The highest BCUT2D eigenvalue weighted by molar-refractivity contribution is 5.20. The summed E-state index contributed by atoms with van der Waals surface area (Å²) < 4.78 is 0. The summed E-state index contributed by atoms with van der Waals surface area (Å²) in [7, 11) is 3.89. The highest BCUT2D eigenvalue weighted by Crippen LogP contribution is 2.09. The summed E-state index contributed by atoms with van der Waals surface area (Å²) in [5.41, 5.74) is 3.39. The fourth-order valence-corrected chi connectivity index (χ4v) is 1.57. The minimum Gasteiger partial charge on any atom is -0.375 e. The lowest BCUT2D eigenvalue weighted by molar-refractivity contribution is 0.388. The van der Waals surface area contributed by atoms with Crippen molar-refractivity contribution in [3.05, 3.63) is 41.5 Å². The van der Waals surface area contributed by atoms with Crippen molar-refractivity contribution in [1.82, 2.24) is 15.2 Å². The van der Waals surface area contributed by atoms with Crippen LogP contribution in [0.2, 0.25) is 0 Å². The molecule has 1 N–H and O–H groups in total. The Bertz CT molecular complexity index is 338. The van der Waals surface area contributed by atoms with E-state index in [1.165, 1.54) is 5.56 Å². The zero-order valence-corrected chi connectivity index (χ0v) is 9.96. The molecule has 0 radical (unpaired) electrons. The molecule has 0 spiro atoms. The number of pyridine rings is 1. The minimum atomic E-state index is 0.851. The molecule has 0 saturated carbocycles. The molecule has 82 valence electrons. The highest BCUT2D eigenvalue weighted by atomic mass is 15.2. The number of hydrogen-bond acceptors (Lipinski definition) is 3. The summed E-state index contributed by atoms with van der Waals surface area (Å²) in [4.78, 5) is 6.43. The predicted octanol–water partition coefficient (Wildman–Crippen LogP) is 1.82. The molecule has 0 aliphatic heterocycles. The van der Waals surface area contributed by atoms with Crippen molar-refractivity contribution in [2.75, 3.05) is 14.1 Å². The lowest BCUT2D eigenvalue weighted by Gasteiger charge is -2.21. The molecule has 0 aromatic carbocycles. The van der Waals surface area contributed by atoms with Crippen molar-refractivity contribution in [3.63, 3.8) is 0 Å². The molecular weight excluding hydrogens is 186 g/mol. The van der Waals surface area contributed by atoms with E-state index in [2.05, 4.69) is 33.9 Å². The summed E-state index contributed by atoms with van der Waals surface area (Å²) in [6.07, 6.45) is 0. The third kappa shape index (κ3) is 3.27. The van der Waals surface area contributed by atoms with Gasteiger partial charge in [-0.15, -0.1) is 0 Å². The largest absolute Gasteiger partial charge is 0.375 e. The van der Waals surface area contributed by atoms with Gasteiger partial charge in [-0.1, -0.05) is 6.58 Å². The number of hydrogen-bond donors (Lipinski definition) is 1. The Hall–Kier alpha value is -1.51. The molecule has 1 aromatic rings. The molecule has 1 aromatic heterocycles. The Morgan fingerprint density at radius 2 is 1.93 bits per heavy atom. The van der Waals surface area contributed by atoms with Crippen LogP contribution in [0.1, 0.15) is 17.0 Å². The van der Waals surface area contributed by atoms with Gasteiger partial charge >= 0.3 is 0 Å². The summed E-state index contributed by atoms with van der Waals surface area (Å²) in [5, 5.41) is 3.03. The molecule has 1 rings (SSSR count). The zero-order chi connectivity index (χ0) is 11.4. The van der Waals surface area contributed by atoms with Crippen LogP contribution >= 0.6 is 0 Å². The van der Waals surface area contributed by atoms with Gasteiger partial charge in [-0.2, -0.15) is 0 Å². The van der Waals surface area contributed by atoms with Crippen molar-refractivity contribution >= 4 is 0 Å². The number of aromatic nitrogens is 1. The van der Waals surface area contributed by atoms with Crippen LogP contribution in [-0.2, 0) is 6.54 Å². The van der Waals surface area contributed by atoms with E-state index in [9.17, 15) is 0 Å². The van der Waals surface area contributed by atoms with Gasteiger partial charge in [-0.25, -0.2) is 0 Å². The van der Waals surface area contributed by atoms with Gasteiger partial charge in [0.2, 0.25) is 0 Å². The maximum absolute atomic E-state index is 4.35. The molecular formula is C12H19N3. The standard InChI is InChI=1S/C12H19N3/c1-9-6-12(7-10(2)14-9)8-15(5)11(3)13-4/h6-7,13H,3,8H2,1-2,4-5H3. The number of rotatable bonds is 4. The smallest absolute Gasteiger partial charge is 0.0936 e. The Kier molecular flexibility index (Phi) is 3.72. The van der Waals surface area contributed by atoms with E-state index in [1.807, 2.05) is 27.9 Å². The maximum Gasteiger partial charge on any atom is 0.0936 e. The Labute approximate surface area is 91.8 Å². The molecule has 0 aliphatic carbocycles. The first kappa shape index (κ1) is 11.6. The summed E-state index contributed by atoms with van der Waals surface area (Å²) in [6, 6.07) is 4.21. The van der Waals surface area contributed by atoms with E-state index in [0.29, 0.717) is 0 Å². The number of aryl methyl sites for hydroxylation is 2. The van der Waals surface area contributed by atoms with Crippen molar-refractivity contribution in [2.45, 2.75) is 20.4 Å². The molecule has 0 saturated heterocycles. The minimum absolute atomic E-state index is 0.851. The van der Waals surface area contributed by atoms with Gasteiger partial charge in [0.1, 0.15) is 0 Å². The molecule has 0 fully saturated rings. The second-order valence-electron chi connectivity index (χ2n) is 3.81. The first-order valence-electron chi connectivity index (χ1n) is 5.05. The van der Waals surface area contributed by atoms with Crippen molar-refractivity contribution in [1.29, 1.82) is 0 Å². The molecule has 0 amide bonds. The molecule has 3 heteroatoms. The van der Waals surface area contributed by atoms with Gasteiger partial charge in [0.15, 0.2) is 0 Å². The van der Waals surface area contributed by atoms with E-state index in [0.717, 1.165) is 23.8 Å². The van der Waals surface area contributed by atoms with E-state index < -0.39 is 0 Å². The summed E-state index contributed by atoms with van der Waals surface area (Å²) in [6.45, 7) is 8.80. The highest BCUT2D eigenvalue weighted by Gasteiger charge is 2.02. The average molecular weight is 205 g/mol. The van der Waals surface area contributed by atoms with E-state index >= 15 is 0 Å². The Morgan fingerprint density at radius 3 is 2.40 bits per heavy atom. The van der Waals surface area contributed by atoms with Crippen LogP contribution in [0.25, 0.3) is 0 Å². The number of nitrogens with one attached hydrogen (secondary N) is 1. The van der Waals surface area contributed by atoms with E-state index in [1.54, 1.807) is 0 Å². The predicted molar refractivity (Wildman–Crippen MR) is 63.4 cm³/mol. The van der Waals surface area contributed by atoms with Crippen LogP contribution in [0.15, 0.2) is 24.5 Å².